The highest BCUT2D eigenvalue weighted by atomic mass is 35.5. The summed E-state index contributed by atoms with van der Waals surface area (Å²) in [6.45, 7) is 7.20. The molecule has 1 amide bonds. The molecule has 2 unspecified atom stereocenters. The first-order valence-corrected chi connectivity index (χ1v) is 16.7. The van der Waals surface area contributed by atoms with E-state index in [0.29, 0.717) is 29.7 Å². The second-order valence-corrected chi connectivity index (χ2v) is 14.3. The van der Waals surface area contributed by atoms with Crippen molar-refractivity contribution in [1.82, 2.24) is 30.4 Å². The monoisotopic (exact) mass is 650 g/mol. The van der Waals surface area contributed by atoms with Crippen LogP contribution in [0.5, 0.6) is 5.75 Å². The molecule has 234 valence electrons. The standard InChI is InChI=1S/C36H35ClN6O2S/c1-4-45-29-21-20-24(22-28(29)37)23-42-32(39-40-41-42)31-35(2,3)46-34-30(33(44)43(31)34)38-36(25-14-8-5-9-15-25,26-16-10-6-11-17-26)27-18-12-7-13-19-27/h5-22,30-31,34,38H,4,23H2,1-3H3/t30?,31?,34-/m0/s1. The number of aromatic nitrogens is 4. The lowest BCUT2D eigenvalue weighted by molar-refractivity contribution is -0.150. The highest BCUT2D eigenvalue weighted by Gasteiger charge is 2.64. The third-order valence-corrected chi connectivity index (χ3v) is 10.7. The number of thioether (sulfide) groups is 1. The van der Waals surface area contributed by atoms with Gasteiger partial charge in [0.25, 0.3) is 0 Å². The number of β-lactam (4-membered cyclic amide) rings is 1. The molecule has 0 aliphatic carbocycles. The Kier molecular flexibility index (Phi) is 8.09. The van der Waals surface area contributed by atoms with Crippen molar-refractivity contribution in [1.29, 1.82) is 0 Å². The maximum absolute atomic E-state index is 14.4. The molecule has 46 heavy (non-hydrogen) atoms. The Hall–Kier alpha value is -4.18. The van der Waals surface area contributed by atoms with E-state index in [0.717, 1.165) is 22.3 Å². The molecule has 3 heterocycles. The Morgan fingerprint density at radius 3 is 2.04 bits per heavy atom. The first kappa shape index (κ1) is 30.5. The molecule has 10 heteroatoms. The van der Waals surface area contributed by atoms with E-state index >= 15 is 0 Å². The summed E-state index contributed by atoms with van der Waals surface area (Å²) in [4.78, 5) is 16.3. The zero-order chi connectivity index (χ0) is 31.9. The van der Waals surface area contributed by atoms with Gasteiger partial charge in [-0.3, -0.25) is 10.1 Å². The fourth-order valence-electron chi connectivity index (χ4n) is 6.82. The Morgan fingerprint density at radius 2 is 1.50 bits per heavy atom. The first-order chi connectivity index (χ1) is 22.3. The second-order valence-electron chi connectivity index (χ2n) is 12.1. The molecule has 4 aromatic carbocycles. The summed E-state index contributed by atoms with van der Waals surface area (Å²) in [6, 6.07) is 36.1. The van der Waals surface area contributed by atoms with E-state index in [1.165, 1.54) is 0 Å². The van der Waals surface area contributed by atoms with Gasteiger partial charge in [0.1, 0.15) is 23.2 Å². The van der Waals surface area contributed by atoms with Gasteiger partial charge in [0.15, 0.2) is 5.82 Å². The van der Waals surface area contributed by atoms with Crippen LogP contribution >= 0.6 is 23.4 Å². The summed E-state index contributed by atoms with van der Waals surface area (Å²) in [5.41, 5.74) is 3.38. The molecule has 2 aliphatic rings. The SMILES string of the molecule is CCOc1ccc(Cn2nnnc2C2N3C(=O)C(NC(c4ccccc4)(c4ccccc4)c4ccccc4)[C@@H]3SC2(C)C)cc1Cl. The third-order valence-electron chi connectivity index (χ3n) is 8.87. The van der Waals surface area contributed by atoms with Crippen LogP contribution in [0.1, 0.15) is 54.9 Å². The molecule has 5 aromatic rings. The van der Waals surface area contributed by atoms with Gasteiger partial charge in [-0.1, -0.05) is 109 Å². The molecule has 0 saturated carbocycles. The third kappa shape index (κ3) is 5.16. The van der Waals surface area contributed by atoms with Crippen LogP contribution in [0.3, 0.4) is 0 Å². The number of fused-ring (bicyclic) bond motifs is 1. The maximum atomic E-state index is 14.4. The van der Waals surface area contributed by atoms with E-state index in [1.54, 1.807) is 16.4 Å². The molecular formula is C36H35ClN6O2S. The van der Waals surface area contributed by atoms with E-state index < -0.39 is 11.6 Å². The quantitative estimate of drug-likeness (QED) is 0.137. The molecule has 1 aromatic heterocycles. The normalized spacial score (nSPS) is 20.3. The second kappa shape index (κ2) is 12.2. The van der Waals surface area contributed by atoms with Crippen molar-refractivity contribution in [2.24, 2.45) is 0 Å². The number of carbonyl (C=O) groups excluding carboxylic acids is 1. The van der Waals surface area contributed by atoms with E-state index in [-0.39, 0.29) is 22.1 Å². The number of rotatable bonds is 10. The lowest BCUT2D eigenvalue weighted by Gasteiger charge is -2.49. The zero-order valence-electron chi connectivity index (χ0n) is 25.9. The fourth-order valence-corrected chi connectivity index (χ4v) is 8.71. The van der Waals surface area contributed by atoms with Gasteiger partial charge in [-0.2, -0.15) is 0 Å². The Labute approximate surface area is 278 Å². The van der Waals surface area contributed by atoms with E-state index in [2.05, 4.69) is 71.1 Å². The zero-order valence-corrected chi connectivity index (χ0v) is 27.4. The number of ether oxygens (including phenoxy) is 1. The highest BCUT2D eigenvalue weighted by Crippen LogP contribution is 2.57. The van der Waals surface area contributed by atoms with Crippen LogP contribution in [0.15, 0.2) is 109 Å². The van der Waals surface area contributed by atoms with E-state index in [1.807, 2.05) is 84.6 Å². The number of halogens is 1. The molecule has 0 spiro atoms. The number of hydrogen-bond donors (Lipinski definition) is 1. The largest absolute Gasteiger partial charge is 0.492 e. The minimum atomic E-state index is -0.756. The van der Waals surface area contributed by atoms with Crippen molar-refractivity contribution in [3.63, 3.8) is 0 Å². The van der Waals surface area contributed by atoms with Crippen molar-refractivity contribution in [2.75, 3.05) is 6.61 Å². The molecule has 0 radical (unpaired) electrons. The number of hydrogen-bond acceptors (Lipinski definition) is 7. The predicted molar refractivity (Wildman–Crippen MR) is 181 cm³/mol. The summed E-state index contributed by atoms with van der Waals surface area (Å²) < 4.78 is 7.02. The minimum Gasteiger partial charge on any atom is -0.492 e. The molecule has 7 rings (SSSR count). The number of benzene rings is 4. The smallest absolute Gasteiger partial charge is 0.244 e. The van der Waals surface area contributed by atoms with Crippen molar-refractivity contribution in [3.8, 4) is 5.75 Å². The van der Waals surface area contributed by atoms with Gasteiger partial charge in [-0.15, -0.1) is 16.9 Å². The van der Waals surface area contributed by atoms with Crippen LogP contribution in [0, 0.1) is 0 Å². The first-order valence-electron chi connectivity index (χ1n) is 15.4. The van der Waals surface area contributed by atoms with Gasteiger partial charge >= 0.3 is 0 Å². The lowest BCUT2D eigenvalue weighted by atomic mass is 9.76. The molecule has 1 N–H and O–H groups in total. The van der Waals surface area contributed by atoms with Crippen molar-refractivity contribution in [3.05, 3.63) is 142 Å². The summed E-state index contributed by atoms with van der Waals surface area (Å²) in [6.07, 6.45) is 0. The van der Waals surface area contributed by atoms with E-state index in [9.17, 15) is 4.79 Å². The minimum absolute atomic E-state index is 0.0268. The molecule has 8 nitrogen and oxygen atoms in total. The van der Waals surface area contributed by atoms with Crippen LogP contribution in [0.2, 0.25) is 5.02 Å². The van der Waals surface area contributed by atoms with Gasteiger partial charge in [0.2, 0.25) is 5.91 Å². The van der Waals surface area contributed by atoms with Gasteiger partial charge in [-0.05, 0) is 65.6 Å². The molecule has 2 fully saturated rings. The van der Waals surface area contributed by atoms with Crippen LogP contribution in [0.4, 0.5) is 0 Å². The van der Waals surface area contributed by atoms with Crippen LogP contribution in [-0.4, -0.2) is 53.8 Å². The Morgan fingerprint density at radius 1 is 0.913 bits per heavy atom. The highest BCUT2D eigenvalue weighted by molar-refractivity contribution is 8.01. The van der Waals surface area contributed by atoms with Crippen LogP contribution in [0.25, 0.3) is 0 Å². The molecule has 3 atom stereocenters. The maximum Gasteiger partial charge on any atom is 0.244 e. The topological polar surface area (TPSA) is 85.2 Å². The summed E-state index contributed by atoms with van der Waals surface area (Å²) in [5, 5.41) is 17.2. The van der Waals surface area contributed by atoms with Crippen molar-refractivity contribution in [2.45, 2.75) is 55.1 Å². The summed E-state index contributed by atoms with van der Waals surface area (Å²) in [5.74, 6) is 1.32. The average Bonchev–Trinajstić information content (AvgIpc) is 3.62. The number of carbonyl (C=O) groups is 1. The number of nitrogens with one attached hydrogen (secondary N) is 1. The molecule has 2 aliphatic heterocycles. The Balaban J connectivity index is 1.23. The van der Waals surface area contributed by atoms with Gasteiger partial charge in [0, 0.05) is 4.75 Å². The average molecular weight is 651 g/mol. The Bertz CT molecular complexity index is 1740. The lowest BCUT2D eigenvalue weighted by Crippen LogP contribution is -2.70. The molecular weight excluding hydrogens is 616 g/mol. The molecule has 0 bridgehead atoms. The molecule has 2 saturated heterocycles. The summed E-state index contributed by atoms with van der Waals surface area (Å²) in [7, 11) is 0. The number of amides is 1. The van der Waals surface area contributed by atoms with Gasteiger partial charge < -0.3 is 9.64 Å². The number of tetrazole rings is 1. The van der Waals surface area contributed by atoms with Crippen molar-refractivity contribution < 1.29 is 9.53 Å². The summed E-state index contributed by atoms with van der Waals surface area (Å²) >= 11 is 8.27. The van der Waals surface area contributed by atoms with E-state index in [4.69, 9.17) is 16.3 Å². The van der Waals surface area contributed by atoms with Crippen LogP contribution < -0.4 is 10.1 Å². The van der Waals surface area contributed by atoms with Gasteiger partial charge in [-0.25, -0.2) is 4.68 Å². The van der Waals surface area contributed by atoms with Crippen molar-refractivity contribution >= 4 is 29.3 Å². The fraction of sp³-hybridized carbons (Fsp3) is 0.278. The number of nitrogens with zero attached hydrogens (tertiary/aromatic N) is 5. The van der Waals surface area contributed by atoms with Gasteiger partial charge in [0.05, 0.1) is 23.7 Å². The van der Waals surface area contributed by atoms with Crippen LogP contribution in [-0.2, 0) is 16.9 Å². The predicted octanol–water partition coefficient (Wildman–Crippen LogP) is 6.46.